The van der Waals surface area contributed by atoms with Crippen molar-refractivity contribution in [3.8, 4) is 5.75 Å². The summed E-state index contributed by atoms with van der Waals surface area (Å²) in [4.78, 5) is 88.7. The minimum Gasteiger partial charge on any atom is -0.491 e. The Bertz CT molecular complexity index is 8540. The molecule has 0 atom stereocenters. The zero-order chi connectivity index (χ0) is 98.8. The Morgan fingerprint density at radius 1 is 0.336 bits per heavy atom. The highest BCUT2D eigenvalue weighted by Crippen LogP contribution is 2.37. The fourth-order valence-corrected chi connectivity index (χ4v) is 20.6. The molecule has 25 nitrogen and oxygen atoms in total. The number of aryl methyl sites for hydroxylation is 19. The lowest BCUT2D eigenvalue weighted by molar-refractivity contribution is 0.291. The van der Waals surface area contributed by atoms with E-state index in [9.17, 15) is 0 Å². The van der Waals surface area contributed by atoms with Crippen LogP contribution in [0.2, 0.25) is 5.02 Å². The maximum atomic E-state index is 6.26. The van der Waals surface area contributed by atoms with Crippen LogP contribution in [0.4, 0.5) is 5.69 Å². The number of nitrogens with zero attached hydrogens (tertiary/aromatic N) is 23. The van der Waals surface area contributed by atoms with Gasteiger partial charge >= 0.3 is 0 Å². The third kappa shape index (κ3) is 21.4. The first-order chi connectivity index (χ1) is 71.8. The molecule has 12 aromatic heterocycles. The number of ether oxygens (including phenoxy) is 1. The van der Waals surface area contributed by atoms with Crippen molar-refractivity contribution < 1.29 is 9.15 Å². The van der Waals surface area contributed by atoms with Crippen molar-refractivity contribution in [2.45, 2.75) is 167 Å². The summed E-state index contributed by atoms with van der Waals surface area (Å²) in [6.45, 7) is 2.82. The van der Waals surface area contributed by atoms with E-state index in [1.807, 2.05) is 226 Å². The maximum absolute atomic E-state index is 6.26. The van der Waals surface area contributed by atoms with Crippen LogP contribution in [-0.4, -0.2) is 120 Å². The number of rotatable bonds is 19. The molecule has 0 saturated heterocycles. The number of benzene rings is 11. The second-order valence-electron chi connectivity index (χ2n) is 38.1. The lowest BCUT2D eigenvalue weighted by atomic mass is 9.87. The number of para-hydroxylation sites is 14. The normalized spacial score (nSPS) is 13.3. The van der Waals surface area contributed by atoms with Crippen molar-refractivity contribution in [3.05, 3.63) is 382 Å². The van der Waals surface area contributed by atoms with E-state index in [2.05, 4.69) is 157 Å². The molecule has 146 heavy (non-hydrogen) atoms. The predicted molar refractivity (Wildman–Crippen MR) is 581 cm³/mol. The summed E-state index contributed by atoms with van der Waals surface area (Å²) >= 11 is 6.26. The predicted octanol–water partition coefficient (Wildman–Crippen LogP) is 24.3. The first-order valence-corrected chi connectivity index (χ1v) is 51.4. The summed E-state index contributed by atoms with van der Waals surface area (Å²) in [6.07, 6.45) is 38.2. The van der Waals surface area contributed by atoms with Crippen LogP contribution in [-0.2, 0) is 125 Å². The minimum absolute atomic E-state index is 0.628. The Balaban J connectivity index is 0.0000000999. The van der Waals surface area contributed by atoms with Crippen LogP contribution in [0, 0.1) is 6.92 Å². The molecule has 2 aliphatic carbocycles. The van der Waals surface area contributed by atoms with Crippen molar-refractivity contribution >= 4 is 144 Å². The topological polar surface area (TPSA) is 286 Å². The molecule has 1 fully saturated rings. The van der Waals surface area contributed by atoms with Crippen molar-refractivity contribution in [1.29, 1.82) is 0 Å². The molecule has 23 aromatic rings. The number of fused-ring (bicyclic) bond motifs is 17. The first-order valence-electron chi connectivity index (χ1n) is 51.0. The van der Waals surface area contributed by atoms with E-state index in [4.69, 9.17) is 65.6 Å². The van der Waals surface area contributed by atoms with Gasteiger partial charge in [0.25, 0.3) is 0 Å². The standard InChI is InChI=1S/C22H22N4.C21H16ClN5.C21H20N4O.C20H24N4.C19H17N3.C17H13N3O/c1-26-20-12-10-15-6-2-3-7-17(15)22(20)25-21(26)13-11-16-14-23-18-8-4-5-9-19(18)24-16;1-27-18-9-8-16-14(4-3-11-23-16)20(18)26-19(27)10-7-13-12-24-17-6-2-5-15(22)21(17)25-13;1-25-18-10-8-14-5-4-12-26-21(14)20(18)24-19(25)11-9-15-13-22-16-6-2-3-7-17(16)23-15;1-24-14-19(15-7-3-2-4-8-15)23-20(24)12-11-16-13-21-17-9-5-6-10-18(17)22-16;1-13-16(22-19-9-5-4-8-18(19)20-13)11-10-15-12-14-6-2-3-7-17(14)21-15;1-2-6-14-13(5-1)18-11-12(19-14)9-10-17-20-15-7-3-4-8-16(15)21-17/h4-5,8-10,12,14H,2-3,6-7,11,13H2,1H3;2-6,8-9,11-12H,7,10H2,1H3;2-3,6-8,10,13H,4-5,9,11-12H2,1H3;5-6,9-10,13-15H,2-4,7-8,11-12H2,1H3;2-9H,10-12H2,1H3;1-8,11H,9-10H2. The van der Waals surface area contributed by atoms with Crippen LogP contribution < -0.4 is 4.74 Å². The quantitative estimate of drug-likeness (QED) is 0.0727. The lowest BCUT2D eigenvalue weighted by Gasteiger charge is -2.19. The highest BCUT2D eigenvalue weighted by atomic mass is 35.5. The van der Waals surface area contributed by atoms with E-state index in [1.165, 1.54) is 102 Å². The molecule has 726 valence electrons. The van der Waals surface area contributed by atoms with Gasteiger partial charge in [-0.05, 0) is 253 Å². The zero-order valence-electron chi connectivity index (χ0n) is 82.8. The van der Waals surface area contributed by atoms with Crippen LogP contribution in [0.1, 0.15) is 161 Å². The van der Waals surface area contributed by atoms with Crippen LogP contribution in [0.25, 0.3) is 121 Å². The van der Waals surface area contributed by atoms with E-state index in [-0.39, 0.29) is 0 Å². The summed E-state index contributed by atoms with van der Waals surface area (Å²) in [6, 6.07) is 78.8. The molecule has 11 aromatic carbocycles. The molecule has 2 aliphatic heterocycles. The van der Waals surface area contributed by atoms with Gasteiger partial charge in [-0.1, -0.05) is 140 Å². The summed E-state index contributed by atoms with van der Waals surface area (Å²) in [5.74, 6) is 6.74. The monoisotopic (exact) mass is 1940 g/mol. The van der Waals surface area contributed by atoms with Crippen molar-refractivity contribution in [2.24, 2.45) is 33.2 Å². The molecular formula is C120H112ClN23O2. The molecule has 0 spiro atoms. The molecule has 4 aliphatic rings. The fraction of sp³-hybridized carbons (Fsp3) is 0.258. The second kappa shape index (κ2) is 43.5. The van der Waals surface area contributed by atoms with Gasteiger partial charge in [-0.15, -0.1) is 0 Å². The number of imidazole rings is 4. The number of halogens is 1. The molecular weight excluding hydrogens is 1830 g/mol. The maximum Gasteiger partial charge on any atom is 0.195 e. The van der Waals surface area contributed by atoms with Gasteiger partial charge in [0.2, 0.25) is 0 Å². The molecule has 0 N–H and O–H groups in total. The number of aromatic nitrogens is 22. The van der Waals surface area contributed by atoms with Crippen LogP contribution in [0.3, 0.4) is 0 Å². The van der Waals surface area contributed by atoms with Crippen molar-refractivity contribution in [2.75, 3.05) is 6.61 Å². The van der Waals surface area contributed by atoms with E-state index in [0.29, 0.717) is 10.9 Å². The summed E-state index contributed by atoms with van der Waals surface area (Å²) < 4.78 is 20.4. The second-order valence-corrected chi connectivity index (χ2v) is 38.5. The molecule has 0 bridgehead atoms. The van der Waals surface area contributed by atoms with Crippen molar-refractivity contribution in [1.82, 2.24) is 108 Å². The summed E-state index contributed by atoms with van der Waals surface area (Å²) in [5, 5.41) is 1.71. The molecule has 0 unspecified atom stereocenters. The van der Waals surface area contributed by atoms with E-state index in [0.717, 1.165) is 294 Å². The average molecular weight is 1940 g/mol. The molecule has 26 heteroatoms. The first kappa shape index (κ1) is 94.6. The van der Waals surface area contributed by atoms with Gasteiger partial charge in [0.15, 0.2) is 11.5 Å². The Labute approximate surface area is 850 Å². The minimum atomic E-state index is 0.628. The molecule has 27 rings (SSSR count). The molecule has 0 amide bonds. The lowest BCUT2D eigenvalue weighted by Crippen LogP contribution is -2.08. The van der Waals surface area contributed by atoms with E-state index < -0.39 is 0 Å². The van der Waals surface area contributed by atoms with Gasteiger partial charge in [-0.2, -0.15) is 0 Å². The smallest absolute Gasteiger partial charge is 0.195 e. The van der Waals surface area contributed by atoms with Gasteiger partial charge < -0.3 is 27.4 Å². The van der Waals surface area contributed by atoms with Crippen molar-refractivity contribution in [3.63, 3.8) is 0 Å². The zero-order valence-corrected chi connectivity index (χ0v) is 83.5. The van der Waals surface area contributed by atoms with Gasteiger partial charge in [0.05, 0.1) is 157 Å². The summed E-state index contributed by atoms with van der Waals surface area (Å²) in [5.41, 5.74) is 36.7. The summed E-state index contributed by atoms with van der Waals surface area (Å²) in [7, 11) is 8.37. The van der Waals surface area contributed by atoms with E-state index >= 15 is 0 Å². The van der Waals surface area contributed by atoms with Crippen LogP contribution in [0.5, 0.6) is 5.75 Å². The molecule has 14 heterocycles. The number of hydrogen-bond donors (Lipinski definition) is 0. The highest BCUT2D eigenvalue weighted by Gasteiger charge is 2.25. The largest absolute Gasteiger partial charge is 0.491 e. The Hall–Kier alpha value is -16.3. The van der Waals surface area contributed by atoms with Gasteiger partial charge in [0, 0.05) is 127 Å². The Morgan fingerprint density at radius 2 is 0.822 bits per heavy atom. The van der Waals surface area contributed by atoms with Crippen LogP contribution >= 0.6 is 11.6 Å². The van der Waals surface area contributed by atoms with Gasteiger partial charge in [0.1, 0.15) is 45.6 Å². The third-order valence-electron chi connectivity index (χ3n) is 28.3. The highest BCUT2D eigenvalue weighted by molar-refractivity contribution is 6.34. The number of aliphatic imine (C=N–C) groups is 1. The average Bonchev–Trinajstić information content (AvgIpc) is 1.63. The fourth-order valence-electron chi connectivity index (χ4n) is 20.3. The number of oxazole rings is 1. The molecule has 0 radical (unpaired) electrons. The Morgan fingerprint density at radius 3 is 1.43 bits per heavy atom. The third-order valence-corrected chi connectivity index (χ3v) is 28.6. The SMILES string of the molecule is Cc1nc2ccccc2nc1CCC1=Nc2ccccc2C1.Cn1c(CCc2cnc3cccc(Cl)c3n2)nc2c3cccnc3ccc21.Cn1c(CCc2cnc3ccccc3n2)nc2c3c(ccc21)CCCC3.Cn1c(CCc2cnc3ccccc3n2)nc2c3c(ccc21)CCCO3.Cn1cc(C2CCCCC2)nc1CCc1cnc2ccccc2n1.c1ccc2nc(CCc3nc4ccccc4o3)cnc2c1. The van der Waals surface area contributed by atoms with Gasteiger partial charge in [-0.25, -0.2) is 59.8 Å². The number of hydrogen-bond acceptors (Lipinski definition) is 21. The Kier molecular flexibility index (Phi) is 28.2. The van der Waals surface area contributed by atoms with Crippen LogP contribution in [0.15, 0.2) is 289 Å². The number of pyridine rings is 1. The van der Waals surface area contributed by atoms with Gasteiger partial charge in [-0.3, -0.25) is 34.9 Å². The molecule has 1 saturated carbocycles. The van der Waals surface area contributed by atoms with E-state index in [1.54, 1.807) is 0 Å².